The van der Waals surface area contributed by atoms with Gasteiger partial charge in [-0.2, -0.15) is 0 Å². The van der Waals surface area contributed by atoms with Crippen LogP contribution in [0.25, 0.3) is 0 Å². The fourth-order valence-corrected chi connectivity index (χ4v) is 2.25. The maximum atomic E-state index is 13.8. The van der Waals surface area contributed by atoms with Gasteiger partial charge in [0, 0.05) is 38.4 Å². The highest BCUT2D eigenvalue weighted by atomic mass is 19.1. The molecule has 1 fully saturated rings. The molecule has 0 aliphatic carbocycles. The van der Waals surface area contributed by atoms with Crippen LogP contribution in [0.4, 0.5) is 14.9 Å². The minimum absolute atomic E-state index is 0.00987. The first kappa shape index (κ1) is 15.1. The SMILES string of the molecule is CCNC(=O)N1CCN(C(=O)c2ccc(N)cc2F)CC1. The predicted octanol–water partition coefficient (Wildman–Crippen LogP) is 0.895. The zero-order valence-electron chi connectivity index (χ0n) is 11.9. The number of halogens is 1. The maximum Gasteiger partial charge on any atom is 0.317 e. The molecule has 21 heavy (non-hydrogen) atoms. The third-order valence-corrected chi connectivity index (χ3v) is 3.41. The average Bonchev–Trinajstić information content (AvgIpc) is 2.47. The average molecular weight is 294 g/mol. The Kier molecular flexibility index (Phi) is 4.62. The summed E-state index contributed by atoms with van der Waals surface area (Å²) in [5.41, 5.74) is 5.76. The molecule has 2 rings (SSSR count). The van der Waals surface area contributed by atoms with Crippen LogP contribution >= 0.6 is 0 Å². The van der Waals surface area contributed by atoms with E-state index in [0.717, 1.165) is 6.07 Å². The molecular formula is C14H19FN4O2. The summed E-state index contributed by atoms with van der Waals surface area (Å²) in [4.78, 5) is 27.1. The number of nitrogens with one attached hydrogen (secondary N) is 1. The van der Waals surface area contributed by atoms with Crippen molar-refractivity contribution in [2.75, 3.05) is 38.5 Å². The number of nitrogen functional groups attached to an aromatic ring is 1. The minimum atomic E-state index is -0.619. The highest BCUT2D eigenvalue weighted by Crippen LogP contribution is 2.15. The van der Waals surface area contributed by atoms with Gasteiger partial charge in [0.05, 0.1) is 5.56 Å². The van der Waals surface area contributed by atoms with Gasteiger partial charge in [0.2, 0.25) is 0 Å². The van der Waals surface area contributed by atoms with Crippen LogP contribution in [0.2, 0.25) is 0 Å². The standard InChI is InChI=1S/C14H19FN4O2/c1-2-17-14(21)19-7-5-18(6-8-19)13(20)11-4-3-10(16)9-12(11)15/h3-4,9H,2,5-8,16H2,1H3,(H,17,21). The summed E-state index contributed by atoms with van der Waals surface area (Å²) in [6, 6.07) is 3.89. The van der Waals surface area contributed by atoms with Crippen molar-refractivity contribution in [1.29, 1.82) is 0 Å². The smallest absolute Gasteiger partial charge is 0.317 e. The first-order chi connectivity index (χ1) is 10.0. The van der Waals surface area contributed by atoms with Gasteiger partial charge in [-0.15, -0.1) is 0 Å². The van der Waals surface area contributed by atoms with Gasteiger partial charge in [-0.25, -0.2) is 9.18 Å². The van der Waals surface area contributed by atoms with Gasteiger partial charge in [-0.3, -0.25) is 4.79 Å². The lowest BCUT2D eigenvalue weighted by Crippen LogP contribution is -2.53. The lowest BCUT2D eigenvalue weighted by Gasteiger charge is -2.34. The summed E-state index contributed by atoms with van der Waals surface area (Å²) in [5, 5.41) is 2.72. The maximum absolute atomic E-state index is 13.8. The molecule has 3 N–H and O–H groups in total. The lowest BCUT2D eigenvalue weighted by molar-refractivity contribution is 0.0660. The molecule has 1 heterocycles. The van der Waals surface area contributed by atoms with Crippen LogP contribution in [0.1, 0.15) is 17.3 Å². The van der Waals surface area contributed by atoms with Gasteiger partial charge >= 0.3 is 6.03 Å². The van der Waals surface area contributed by atoms with E-state index in [4.69, 9.17) is 5.73 Å². The van der Waals surface area contributed by atoms with Gasteiger partial charge in [0.15, 0.2) is 0 Å². The number of carbonyl (C=O) groups is 2. The second-order valence-electron chi connectivity index (χ2n) is 4.85. The Morgan fingerprint density at radius 2 is 1.86 bits per heavy atom. The zero-order chi connectivity index (χ0) is 15.4. The lowest BCUT2D eigenvalue weighted by atomic mass is 10.1. The summed E-state index contributed by atoms with van der Waals surface area (Å²) >= 11 is 0. The number of benzene rings is 1. The topological polar surface area (TPSA) is 78.7 Å². The Hall–Kier alpha value is -2.31. The minimum Gasteiger partial charge on any atom is -0.399 e. The molecule has 0 aromatic heterocycles. The van der Waals surface area contributed by atoms with Gasteiger partial charge in [-0.1, -0.05) is 0 Å². The number of hydrogen-bond acceptors (Lipinski definition) is 3. The van der Waals surface area contributed by atoms with Crippen molar-refractivity contribution in [3.63, 3.8) is 0 Å². The Morgan fingerprint density at radius 1 is 1.24 bits per heavy atom. The van der Waals surface area contributed by atoms with E-state index >= 15 is 0 Å². The number of nitrogens with zero attached hydrogens (tertiary/aromatic N) is 2. The number of carbonyl (C=O) groups excluding carboxylic acids is 2. The summed E-state index contributed by atoms with van der Waals surface area (Å²) in [5.74, 6) is -0.991. The molecule has 1 aromatic carbocycles. The molecule has 0 unspecified atom stereocenters. The highest BCUT2D eigenvalue weighted by Gasteiger charge is 2.25. The van der Waals surface area contributed by atoms with Gasteiger partial charge in [0.25, 0.3) is 5.91 Å². The van der Waals surface area contributed by atoms with Gasteiger partial charge in [0.1, 0.15) is 5.82 Å². The summed E-state index contributed by atoms with van der Waals surface area (Å²) in [7, 11) is 0. The van der Waals surface area contributed by atoms with Gasteiger partial charge < -0.3 is 20.9 Å². The Morgan fingerprint density at radius 3 is 2.43 bits per heavy atom. The fourth-order valence-electron chi connectivity index (χ4n) is 2.25. The van der Waals surface area contributed by atoms with Gasteiger partial charge in [-0.05, 0) is 25.1 Å². The van der Waals surface area contributed by atoms with Crippen LogP contribution in [0.5, 0.6) is 0 Å². The van der Waals surface area contributed by atoms with Crippen molar-refractivity contribution in [3.05, 3.63) is 29.6 Å². The first-order valence-electron chi connectivity index (χ1n) is 6.90. The van der Waals surface area contributed by atoms with Crippen LogP contribution in [-0.4, -0.2) is 54.5 Å². The molecule has 1 saturated heterocycles. The van der Waals surface area contributed by atoms with E-state index in [9.17, 15) is 14.0 Å². The van der Waals surface area contributed by atoms with Crippen LogP contribution in [0.15, 0.2) is 18.2 Å². The van der Waals surface area contributed by atoms with Crippen LogP contribution in [0, 0.1) is 5.82 Å². The molecular weight excluding hydrogens is 275 g/mol. The summed E-state index contributed by atoms with van der Waals surface area (Å²) < 4.78 is 13.8. The quantitative estimate of drug-likeness (QED) is 0.795. The Labute approximate surface area is 122 Å². The number of nitrogens with two attached hydrogens (primary N) is 1. The molecule has 1 aliphatic rings. The third kappa shape index (κ3) is 3.42. The molecule has 1 aliphatic heterocycles. The number of amides is 3. The van der Waals surface area contributed by atoms with E-state index in [2.05, 4.69) is 5.32 Å². The highest BCUT2D eigenvalue weighted by molar-refractivity contribution is 5.95. The van der Waals surface area contributed by atoms with Crippen molar-refractivity contribution in [3.8, 4) is 0 Å². The molecule has 3 amide bonds. The monoisotopic (exact) mass is 294 g/mol. The summed E-state index contributed by atoms with van der Waals surface area (Å²) in [6.07, 6.45) is 0. The molecule has 0 spiro atoms. The first-order valence-corrected chi connectivity index (χ1v) is 6.90. The van der Waals surface area contributed by atoms with Crippen molar-refractivity contribution < 1.29 is 14.0 Å². The molecule has 0 saturated carbocycles. The largest absolute Gasteiger partial charge is 0.399 e. The van der Waals surface area contributed by atoms with Crippen molar-refractivity contribution >= 4 is 17.6 Å². The number of piperazine rings is 1. The van der Waals surface area contributed by atoms with E-state index in [1.54, 1.807) is 9.80 Å². The molecule has 0 bridgehead atoms. The molecule has 114 valence electrons. The van der Waals surface area contributed by atoms with E-state index in [-0.39, 0.29) is 23.2 Å². The fraction of sp³-hybridized carbons (Fsp3) is 0.429. The normalized spacial score (nSPS) is 15.0. The van der Waals surface area contributed by atoms with Crippen LogP contribution in [-0.2, 0) is 0 Å². The number of anilines is 1. The van der Waals surface area contributed by atoms with Crippen LogP contribution < -0.4 is 11.1 Å². The molecule has 1 aromatic rings. The van der Waals surface area contributed by atoms with Crippen molar-refractivity contribution in [2.45, 2.75) is 6.92 Å². The van der Waals surface area contributed by atoms with Crippen molar-refractivity contribution in [2.24, 2.45) is 0 Å². The second-order valence-corrected chi connectivity index (χ2v) is 4.85. The number of rotatable bonds is 2. The number of hydrogen-bond donors (Lipinski definition) is 2. The predicted molar refractivity (Wildman–Crippen MR) is 77.4 cm³/mol. The van der Waals surface area contributed by atoms with E-state index in [1.165, 1.54) is 12.1 Å². The summed E-state index contributed by atoms with van der Waals surface area (Å²) in [6.45, 7) is 4.07. The van der Waals surface area contributed by atoms with E-state index < -0.39 is 5.82 Å². The molecule has 6 nitrogen and oxygen atoms in total. The Balaban J connectivity index is 1.98. The molecule has 0 radical (unpaired) electrons. The molecule has 7 heteroatoms. The molecule has 0 atom stereocenters. The second kappa shape index (κ2) is 6.43. The zero-order valence-corrected chi connectivity index (χ0v) is 11.9. The van der Waals surface area contributed by atoms with Crippen molar-refractivity contribution in [1.82, 2.24) is 15.1 Å². The van der Waals surface area contributed by atoms with Crippen LogP contribution in [0.3, 0.4) is 0 Å². The third-order valence-electron chi connectivity index (χ3n) is 3.41. The van der Waals surface area contributed by atoms with E-state index in [1.807, 2.05) is 6.92 Å². The number of urea groups is 1. The Bertz CT molecular complexity index is 542. The van der Waals surface area contributed by atoms with E-state index in [0.29, 0.717) is 32.7 Å².